The fourth-order valence-corrected chi connectivity index (χ4v) is 3.91. The zero-order valence-electron chi connectivity index (χ0n) is 22.0. The van der Waals surface area contributed by atoms with Gasteiger partial charge in [-0.05, 0) is 50.2 Å². The fraction of sp³-hybridized carbons (Fsp3) is 0.333. The van der Waals surface area contributed by atoms with Crippen LogP contribution in [0.25, 0.3) is 17.0 Å². The number of aromatic nitrogens is 4. The van der Waals surface area contributed by atoms with Crippen molar-refractivity contribution >= 4 is 17.2 Å². The van der Waals surface area contributed by atoms with Crippen LogP contribution in [0.5, 0.6) is 23.1 Å². The van der Waals surface area contributed by atoms with Gasteiger partial charge in [0.25, 0.3) is 5.91 Å². The van der Waals surface area contributed by atoms with Crippen LogP contribution < -0.4 is 29.2 Å². The molecule has 1 N–H and O–H groups in total. The summed E-state index contributed by atoms with van der Waals surface area (Å²) in [5, 5.41) is 15.7. The summed E-state index contributed by atoms with van der Waals surface area (Å²) in [5.41, 5.74) is 2.39. The molecule has 4 rings (SSSR count). The topological polar surface area (TPSA) is 112 Å². The van der Waals surface area contributed by atoms with Gasteiger partial charge in [0, 0.05) is 36.5 Å². The Hall–Kier alpha value is -4.54. The first-order chi connectivity index (χ1) is 18.6. The Morgan fingerprint density at radius 3 is 2.53 bits per heavy atom. The minimum atomic E-state index is -0.236. The van der Waals surface area contributed by atoms with Crippen molar-refractivity contribution in [1.82, 2.24) is 25.1 Å². The number of benzene rings is 2. The third kappa shape index (κ3) is 6.23. The Bertz CT molecular complexity index is 1370. The van der Waals surface area contributed by atoms with Crippen molar-refractivity contribution in [3.05, 3.63) is 54.6 Å². The van der Waals surface area contributed by atoms with Crippen LogP contribution in [-0.4, -0.2) is 72.8 Å². The monoisotopic (exact) mass is 520 g/mol. The zero-order valence-corrected chi connectivity index (χ0v) is 22.0. The van der Waals surface area contributed by atoms with Gasteiger partial charge in [-0.2, -0.15) is 4.52 Å². The summed E-state index contributed by atoms with van der Waals surface area (Å²) >= 11 is 0. The fourth-order valence-electron chi connectivity index (χ4n) is 3.91. The van der Waals surface area contributed by atoms with E-state index >= 15 is 0 Å². The summed E-state index contributed by atoms with van der Waals surface area (Å²) in [4.78, 5) is 14.5. The molecule has 0 radical (unpaired) electrons. The molecule has 2 heterocycles. The predicted octanol–water partition coefficient (Wildman–Crippen LogP) is 3.23. The summed E-state index contributed by atoms with van der Waals surface area (Å²) < 4.78 is 23.7. The lowest BCUT2D eigenvalue weighted by Crippen LogP contribution is -2.32. The number of carbonyl (C=O) groups excluding carboxylic acids is 1. The highest BCUT2D eigenvalue weighted by atomic mass is 16.5. The average Bonchev–Trinajstić information content (AvgIpc) is 3.38. The van der Waals surface area contributed by atoms with E-state index in [2.05, 4.69) is 39.4 Å². The number of methoxy groups -OCH3 is 2. The molecule has 11 nitrogen and oxygen atoms in total. The molecule has 4 aromatic rings. The number of hydrogen-bond donors (Lipinski definition) is 1. The number of ether oxygens (including phenoxy) is 4. The minimum Gasteiger partial charge on any atom is -0.493 e. The van der Waals surface area contributed by atoms with Crippen molar-refractivity contribution in [1.29, 1.82) is 0 Å². The first-order valence-electron chi connectivity index (χ1n) is 12.4. The van der Waals surface area contributed by atoms with E-state index in [0.717, 1.165) is 24.3 Å². The molecule has 0 spiro atoms. The Kier molecular flexibility index (Phi) is 8.81. The third-order valence-corrected chi connectivity index (χ3v) is 5.87. The first kappa shape index (κ1) is 26.5. The number of carbonyl (C=O) groups is 1. The maximum Gasteiger partial charge on any atom is 0.258 e. The van der Waals surface area contributed by atoms with Gasteiger partial charge in [-0.3, -0.25) is 4.79 Å². The molecule has 0 fully saturated rings. The highest BCUT2D eigenvalue weighted by Crippen LogP contribution is 2.31. The van der Waals surface area contributed by atoms with E-state index in [0.29, 0.717) is 41.1 Å². The quantitative estimate of drug-likeness (QED) is 0.266. The van der Waals surface area contributed by atoms with Gasteiger partial charge in [-0.25, -0.2) is 0 Å². The number of anilines is 1. The van der Waals surface area contributed by atoms with Crippen LogP contribution in [0.15, 0.2) is 54.6 Å². The SMILES string of the molecule is CCN(CC)c1cccc(OCC(=O)NCCOc2ccc3nnc(-c4ccc(OC)c(OC)c4)n3n2)c1. The Morgan fingerprint density at radius 2 is 1.76 bits per heavy atom. The molecule has 38 heavy (non-hydrogen) atoms. The lowest BCUT2D eigenvalue weighted by molar-refractivity contribution is -0.123. The van der Waals surface area contributed by atoms with Crippen molar-refractivity contribution < 1.29 is 23.7 Å². The number of rotatable bonds is 13. The number of amides is 1. The number of nitrogens with one attached hydrogen (secondary N) is 1. The van der Waals surface area contributed by atoms with Gasteiger partial charge in [0.1, 0.15) is 12.4 Å². The van der Waals surface area contributed by atoms with E-state index < -0.39 is 0 Å². The van der Waals surface area contributed by atoms with Crippen LogP contribution in [0.1, 0.15) is 13.8 Å². The summed E-state index contributed by atoms with van der Waals surface area (Å²) in [6, 6.07) is 16.6. The highest BCUT2D eigenvalue weighted by molar-refractivity contribution is 5.77. The van der Waals surface area contributed by atoms with Crippen LogP contribution in [-0.2, 0) is 4.79 Å². The molecule has 0 aliphatic rings. The highest BCUT2D eigenvalue weighted by Gasteiger charge is 2.14. The van der Waals surface area contributed by atoms with Crippen LogP contribution in [0.4, 0.5) is 5.69 Å². The van der Waals surface area contributed by atoms with E-state index in [9.17, 15) is 4.79 Å². The Morgan fingerprint density at radius 1 is 0.947 bits per heavy atom. The van der Waals surface area contributed by atoms with Gasteiger partial charge in [-0.1, -0.05) is 6.07 Å². The van der Waals surface area contributed by atoms with Crippen molar-refractivity contribution in [2.75, 3.05) is 52.0 Å². The lowest BCUT2D eigenvalue weighted by Gasteiger charge is -2.21. The zero-order chi connectivity index (χ0) is 26.9. The summed E-state index contributed by atoms with van der Waals surface area (Å²) in [6.45, 7) is 6.45. The largest absolute Gasteiger partial charge is 0.493 e. The standard InChI is InChI=1S/C27H32N6O5/c1-5-32(6-2)20-8-7-9-21(17-20)38-18-25(34)28-14-15-37-26-13-12-24-29-30-27(33(24)31-26)19-10-11-22(35-3)23(16-19)36-4/h7-13,16-17H,5-6,14-15,18H2,1-4H3,(H,28,34). The molecule has 0 aliphatic carbocycles. The normalized spacial score (nSPS) is 10.7. The molecule has 0 bridgehead atoms. The van der Waals surface area contributed by atoms with Crippen molar-refractivity contribution in [3.63, 3.8) is 0 Å². The molecule has 0 atom stereocenters. The van der Waals surface area contributed by atoms with Crippen LogP contribution >= 0.6 is 0 Å². The van der Waals surface area contributed by atoms with Crippen LogP contribution in [0, 0.1) is 0 Å². The van der Waals surface area contributed by atoms with E-state index in [-0.39, 0.29) is 19.1 Å². The summed E-state index contributed by atoms with van der Waals surface area (Å²) in [6.07, 6.45) is 0. The van der Waals surface area contributed by atoms with Crippen molar-refractivity contribution in [2.24, 2.45) is 0 Å². The molecule has 11 heteroatoms. The molecule has 1 amide bonds. The number of fused-ring (bicyclic) bond motifs is 1. The van der Waals surface area contributed by atoms with Gasteiger partial charge in [-0.15, -0.1) is 15.3 Å². The second kappa shape index (κ2) is 12.6. The maximum atomic E-state index is 12.2. The predicted molar refractivity (Wildman–Crippen MR) is 143 cm³/mol. The molecular formula is C27H32N6O5. The minimum absolute atomic E-state index is 0.0820. The van der Waals surface area contributed by atoms with Gasteiger partial charge in [0.15, 0.2) is 29.6 Å². The van der Waals surface area contributed by atoms with Gasteiger partial charge in [0.2, 0.25) is 5.88 Å². The van der Waals surface area contributed by atoms with E-state index in [1.807, 2.05) is 36.4 Å². The maximum absolute atomic E-state index is 12.2. The molecule has 0 aliphatic heterocycles. The molecule has 0 saturated carbocycles. The van der Waals surface area contributed by atoms with E-state index in [1.165, 1.54) is 0 Å². The first-order valence-corrected chi connectivity index (χ1v) is 12.4. The van der Waals surface area contributed by atoms with E-state index in [4.69, 9.17) is 18.9 Å². The smallest absolute Gasteiger partial charge is 0.258 e. The van der Waals surface area contributed by atoms with Crippen molar-refractivity contribution in [2.45, 2.75) is 13.8 Å². The van der Waals surface area contributed by atoms with Gasteiger partial charge < -0.3 is 29.2 Å². The van der Waals surface area contributed by atoms with Gasteiger partial charge in [0.05, 0.1) is 20.8 Å². The molecule has 0 unspecified atom stereocenters. The lowest BCUT2D eigenvalue weighted by atomic mass is 10.2. The average molecular weight is 521 g/mol. The second-order valence-corrected chi connectivity index (χ2v) is 8.19. The Balaban J connectivity index is 1.30. The van der Waals surface area contributed by atoms with E-state index in [1.54, 1.807) is 36.9 Å². The summed E-state index contributed by atoms with van der Waals surface area (Å²) in [7, 11) is 3.15. The van der Waals surface area contributed by atoms with Crippen molar-refractivity contribution in [3.8, 4) is 34.5 Å². The van der Waals surface area contributed by atoms with Crippen LogP contribution in [0.2, 0.25) is 0 Å². The van der Waals surface area contributed by atoms with Crippen LogP contribution in [0.3, 0.4) is 0 Å². The molecule has 2 aromatic heterocycles. The molecular weight excluding hydrogens is 488 g/mol. The summed E-state index contributed by atoms with van der Waals surface area (Å²) in [5.74, 6) is 2.50. The third-order valence-electron chi connectivity index (χ3n) is 5.87. The molecule has 200 valence electrons. The molecule has 2 aromatic carbocycles. The number of nitrogens with zero attached hydrogens (tertiary/aromatic N) is 5. The Labute approximate surface area is 221 Å². The van der Waals surface area contributed by atoms with Gasteiger partial charge >= 0.3 is 0 Å². The number of hydrogen-bond acceptors (Lipinski definition) is 9. The second-order valence-electron chi connectivity index (χ2n) is 8.19. The molecule has 0 saturated heterocycles.